The van der Waals surface area contributed by atoms with Gasteiger partial charge in [0.05, 0.1) is 13.5 Å². The Kier molecular flexibility index (Phi) is 7.68. The van der Waals surface area contributed by atoms with Crippen LogP contribution in [0.4, 0.5) is 0 Å². The predicted molar refractivity (Wildman–Crippen MR) is 91.2 cm³/mol. The fraction of sp³-hybridized carbons (Fsp3) is 0.333. The molecule has 1 saturated heterocycles. The van der Waals surface area contributed by atoms with Crippen molar-refractivity contribution in [1.29, 1.82) is 0 Å². The predicted octanol–water partition coefficient (Wildman–Crippen LogP) is 1.31. The van der Waals surface area contributed by atoms with Gasteiger partial charge in [0.15, 0.2) is 12.5 Å². The molecule has 1 fully saturated rings. The number of aldehydes is 1. The van der Waals surface area contributed by atoms with E-state index in [0.717, 1.165) is 5.69 Å². The monoisotopic (exact) mass is 346 g/mol. The van der Waals surface area contributed by atoms with Gasteiger partial charge in [0, 0.05) is 24.5 Å². The molecule has 2 aromatic rings. The van der Waals surface area contributed by atoms with E-state index >= 15 is 0 Å². The lowest BCUT2D eigenvalue weighted by Gasteiger charge is -2.09. The van der Waals surface area contributed by atoms with E-state index in [4.69, 9.17) is 9.47 Å². The van der Waals surface area contributed by atoms with E-state index in [9.17, 15) is 9.59 Å². The molecule has 0 saturated carbocycles. The van der Waals surface area contributed by atoms with Crippen molar-refractivity contribution in [2.45, 2.75) is 18.8 Å². The van der Waals surface area contributed by atoms with Gasteiger partial charge in [0.2, 0.25) is 0 Å². The van der Waals surface area contributed by atoms with Gasteiger partial charge < -0.3 is 19.2 Å². The molecule has 0 radical (unpaired) electrons. The van der Waals surface area contributed by atoms with Gasteiger partial charge in [-0.15, -0.1) is 0 Å². The van der Waals surface area contributed by atoms with Crippen molar-refractivity contribution in [1.82, 2.24) is 10.3 Å². The number of methoxy groups -OCH3 is 1. The molecular weight excluding hydrogens is 324 g/mol. The van der Waals surface area contributed by atoms with E-state index in [1.54, 1.807) is 12.3 Å². The number of hydrogen-bond acceptors (Lipinski definition) is 6. The Morgan fingerprint density at radius 3 is 2.52 bits per heavy atom. The number of hydrogen-bond donors (Lipinski definition) is 2. The molecule has 0 aliphatic carbocycles. The molecule has 2 atom stereocenters. The highest BCUT2D eigenvalue weighted by Crippen LogP contribution is 2.14. The van der Waals surface area contributed by atoms with Gasteiger partial charge in [-0.3, -0.25) is 14.9 Å². The van der Waals surface area contributed by atoms with Gasteiger partial charge in [-0.05, 0) is 0 Å². The van der Waals surface area contributed by atoms with E-state index in [0.29, 0.717) is 25.2 Å². The fourth-order valence-corrected chi connectivity index (χ4v) is 2.14. The lowest BCUT2D eigenvalue weighted by Crippen LogP contribution is -2.23. The second-order valence-corrected chi connectivity index (χ2v) is 5.30. The highest BCUT2D eigenvalue weighted by molar-refractivity contribution is 5.71. The number of aromatic nitrogens is 1. The first-order valence-electron chi connectivity index (χ1n) is 7.92. The zero-order valence-corrected chi connectivity index (χ0v) is 14.0. The molecule has 0 spiro atoms. The van der Waals surface area contributed by atoms with Crippen molar-refractivity contribution in [3.63, 3.8) is 0 Å². The summed E-state index contributed by atoms with van der Waals surface area (Å²) in [5, 5.41) is 2.89. The van der Waals surface area contributed by atoms with Crippen LogP contribution in [0.15, 0.2) is 48.7 Å². The maximum atomic E-state index is 11.1. The topological polar surface area (TPSA) is 89.7 Å². The second kappa shape index (κ2) is 10.3. The van der Waals surface area contributed by atoms with Crippen LogP contribution < -0.4 is 10.1 Å². The Balaban J connectivity index is 0.000000316. The van der Waals surface area contributed by atoms with E-state index in [1.807, 2.05) is 36.4 Å². The minimum absolute atomic E-state index is 0.158. The number of rotatable bonds is 6. The maximum Gasteiger partial charge on any atom is 0.311 e. The smallest absolute Gasteiger partial charge is 0.311 e. The first-order valence-corrected chi connectivity index (χ1v) is 7.92. The lowest BCUT2D eigenvalue weighted by atomic mass is 10.3. The average molecular weight is 346 g/mol. The van der Waals surface area contributed by atoms with Crippen LogP contribution in [0.25, 0.3) is 0 Å². The normalized spacial score (nSPS) is 18.8. The van der Waals surface area contributed by atoms with Crippen LogP contribution in [-0.2, 0) is 25.5 Å². The molecule has 134 valence electrons. The van der Waals surface area contributed by atoms with Gasteiger partial charge in [-0.25, -0.2) is 0 Å². The molecule has 1 aromatic heterocycles. The van der Waals surface area contributed by atoms with Gasteiger partial charge in [-0.1, -0.05) is 36.4 Å². The number of nitrogens with one attached hydrogen (secondary N) is 2. The first kappa shape index (κ1) is 18.7. The van der Waals surface area contributed by atoms with Crippen molar-refractivity contribution in [2.24, 2.45) is 0 Å². The van der Waals surface area contributed by atoms with E-state index in [-0.39, 0.29) is 18.5 Å². The first-order chi connectivity index (χ1) is 12.2. The summed E-state index contributed by atoms with van der Waals surface area (Å²) in [5.74, 6) is 0.308. The van der Waals surface area contributed by atoms with Crippen molar-refractivity contribution in [3.05, 3.63) is 54.4 Å². The number of esters is 1. The van der Waals surface area contributed by atoms with Gasteiger partial charge >= 0.3 is 5.97 Å². The van der Waals surface area contributed by atoms with Crippen molar-refractivity contribution in [3.8, 4) is 5.75 Å². The summed E-state index contributed by atoms with van der Waals surface area (Å²) in [6, 6.07) is 13.7. The molecule has 7 nitrogen and oxygen atoms in total. The minimum atomic E-state index is -0.547. The van der Waals surface area contributed by atoms with E-state index in [2.05, 4.69) is 15.0 Å². The Bertz CT molecular complexity index is 617. The third-order valence-electron chi connectivity index (χ3n) is 3.39. The van der Waals surface area contributed by atoms with Crippen LogP contribution in [0.3, 0.4) is 0 Å². The van der Waals surface area contributed by atoms with E-state index in [1.165, 1.54) is 7.11 Å². The Hall–Kier alpha value is -2.64. The minimum Gasteiger partial charge on any atom is -0.489 e. The van der Waals surface area contributed by atoms with Crippen LogP contribution in [0, 0.1) is 0 Å². The lowest BCUT2D eigenvalue weighted by molar-refractivity contribution is -0.139. The van der Waals surface area contributed by atoms with Crippen molar-refractivity contribution in [2.75, 3.05) is 20.3 Å². The van der Waals surface area contributed by atoms with Crippen LogP contribution in [-0.4, -0.2) is 49.8 Å². The zero-order valence-electron chi connectivity index (χ0n) is 14.0. The number of carbonyl (C=O) groups excluding carboxylic acids is 2. The molecule has 7 heteroatoms. The maximum absolute atomic E-state index is 11.1. The molecule has 3 rings (SSSR count). The summed E-state index contributed by atoms with van der Waals surface area (Å²) in [6.45, 7) is 0.912. The standard InChI is InChI=1S/C12H16N2O5.C6H6/c1-17-12(16)3-8-2-9(4-13-8)18-7-10-5-14-11(6-15)19-10;1-2-4-6-5-3-1/h2,4,6,10-11,13-14H,3,5,7H2,1H3;1-6H. The third kappa shape index (κ3) is 6.78. The Labute approximate surface area is 146 Å². The molecule has 1 aromatic carbocycles. The summed E-state index contributed by atoms with van der Waals surface area (Å²) < 4.78 is 15.4. The zero-order chi connectivity index (χ0) is 17.9. The summed E-state index contributed by atoms with van der Waals surface area (Å²) in [4.78, 5) is 24.5. The highest BCUT2D eigenvalue weighted by atomic mass is 16.6. The van der Waals surface area contributed by atoms with Gasteiger partial charge in [0.25, 0.3) is 0 Å². The SMILES string of the molecule is COC(=O)Cc1cc(OCC2CNC(C=O)O2)c[nH]1.c1ccccc1. The van der Waals surface area contributed by atoms with Crippen LogP contribution >= 0.6 is 0 Å². The molecule has 1 aliphatic rings. The number of aromatic amines is 1. The summed E-state index contributed by atoms with van der Waals surface area (Å²) in [6.07, 6.45) is 1.85. The van der Waals surface area contributed by atoms with Crippen molar-refractivity contribution >= 4 is 12.3 Å². The number of carbonyl (C=O) groups is 2. The van der Waals surface area contributed by atoms with Crippen LogP contribution in [0.2, 0.25) is 0 Å². The largest absolute Gasteiger partial charge is 0.489 e. The molecule has 2 unspecified atom stereocenters. The number of ether oxygens (including phenoxy) is 3. The Morgan fingerprint density at radius 1 is 1.28 bits per heavy atom. The molecule has 25 heavy (non-hydrogen) atoms. The fourth-order valence-electron chi connectivity index (χ4n) is 2.14. The molecule has 2 heterocycles. The quantitative estimate of drug-likeness (QED) is 0.605. The van der Waals surface area contributed by atoms with Crippen LogP contribution in [0.1, 0.15) is 5.69 Å². The Morgan fingerprint density at radius 2 is 1.96 bits per heavy atom. The molecule has 0 amide bonds. The van der Waals surface area contributed by atoms with Crippen LogP contribution in [0.5, 0.6) is 5.75 Å². The molecular formula is C18H22N2O5. The highest BCUT2D eigenvalue weighted by Gasteiger charge is 2.24. The third-order valence-corrected chi connectivity index (χ3v) is 3.39. The van der Waals surface area contributed by atoms with Crippen molar-refractivity contribution < 1.29 is 23.8 Å². The average Bonchev–Trinajstić information content (AvgIpc) is 3.31. The number of benzene rings is 1. The summed E-state index contributed by atoms with van der Waals surface area (Å²) >= 11 is 0. The summed E-state index contributed by atoms with van der Waals surface area (Å²) in [7, 11) is 1.34. The molecule has 0 bridgehead atoms. The van der Waals surface area contributed by atoms with Gasteiger partial charge in [0.1, 0.15) is 18.5 Å². The van der Waals surface area contributed by atoms with E-state index < -0.39 is 6.23 Å². The molecule has 1 aliphatic heterocycles. The molecule has 2 N–H and O–H groups in total. The second-order valence-electron chi connectivity index (χ2n) is 5.30. The number of H-pyrrole nitrogens is 1. The van der Waals surface area contributed by atoms with Gasteiger partial charge in [-0.2, -0.15) is 0 Å². The summed E-state index contributed by atoms with van der Waals surface area (Å²) in [5.41, 5.74) is 0.720.